The van der Waals surface area contributed by atoms with Crippen LogP contribution in [0.4, 0.5) is 0 Å². The number of allylic oxidation sites excluding steroid dienone is 2. The summed E-state index contributed by atoms with van der Waals surface area (Å²) in [5, 5.41) is 5.94. The molecule has 2 N–H and O–H groups in total. The largest absolute Gasteiger partial charge is 0.461 e. The molecule has 1 heterocycles. The van der Waals surface area contributed by atoms with Crippen LogP contribution in [-0.4, -0.2) is 52.6 Å². The minimum Gasteiger partial charge on any atom is -0.461 e. The molecule has 172 valence electrons. The Bertz CT molecular complexity index is 883. The second-order valence-electron chi connectivity index (χ2n) is 8.31. The van der Waals surface area contributed by atoms with Gasteiger partial charge in [-0.3, -0.25) is 9.59 Å². The van der Waals surface area contributed by atoms with Crippen LogP contribution in [0.5, 0.6) is 0 Å². The van der Waals surface area contributed by atoms with Crippen molar-refractivity contribution >= 4 is 29.7 Å². The molecule has 0 radical (unpaired) electrons. The molecule has 1 amide bonds. The summed E-state index contributed by atoms with van der Waals surface area (Å²) in [6.45, 7) is 4.78. The Morgan fingerprint density at radius 1 is 1.25 bits per heavy atom. The second kappa shape index (κ2) is 11.9. The maximum Gasteiger partial charge on any atom is 0.328 e. The average molecular weight is 443 g/mol. The number of carbonyl (C=O) groups is 4. The normalized spacial score (nSPS) is 20.3. The lowest BCUT2D eigenvalue weighted by Gasteiger charge is -2.24. The highest BCUT2D eigenvalue weighted by molar-refractivity contribution is 6.25. The molecule has 0 aromatic rings. The van der Waals surface area contributed by atoms with Crippen LogP contribution >= 0.6 is 0 Å². The number of carbonyl (C=O) groups excluding carboxylic acids is 4. The molecule has 0 bridgehead atoms. The third-order valence-electron chi connectivity index (χ3n) is 5.24. The molecule has 1 aliphatic heterocycles. The number of nitrogens with one attached hydrogen (secondary N) is 2. The summed E-state index contributed by atoms with van der Waals surface area (Å²) in [6, 6.07) is -0.930. The van der Waals surface area contributed by atoms with Gasteiger partial charge >= 0.3 is 12.2 Å². The van der Waals surface area contributed by atoms with Gasteiger partial charge in [0.15, 0.2) is 0 Å². The van der Waals surface area contributed by atoms with E-state index in [1.807, 2.05) is 24.4 Å². The topological polar surface area (TPSA) is 138 Å². The van der Waals surface area contributed by atoms with Crippen LogP contribution < -0.4 is 10.6 Å². The zero-order valence-electron chi connectivity index (χ0n) is 18.6. The van der Waals surface area contributed by atoms with E-state index in [0.29, 0.717) is 6.42 Å². The maximum atomic E-state index is 13.1. The standard InChI is InChI=1S/C23H30N4O5/c1-14(2)32-23(31)21(9-8-18(29)13-26-24)27-22(30)16(10-15(3)28)11-17-12-25-20-7-5-4-6-19(17)20/h4-7,12-14,16,19-21,25H,8-11H2,1-3H3,(H,27,30)/t16-,19?,20?,21-/m0/s1. The SMILES string of the molecule is CC(=O)C[C@@H](CC1=CNC2C=CC=CC12)C(=O)N[C@@H](CCC(=O)C=[N+]=[N-])C(=O)OC(C)C. The Morgan fingerprint density at radius 2 is 1.97 bits per heavy atom. The first-order valence-electron chi connectivity index (χ1n) is 10.7. The van der Waals surface area contributed by atoms with Crippen molar-refractivity contribution in [2.45, 2.75) is 64.6 Å². The Balaban J connectivity index is 2.12. The summed E-state index contributed by atoms with van der Waals surface area (Å²) < 4.78 is 5.22. The van der Waals surface area contributed by atoms with Gasteiger partial charge in [0.05, 0.1) is 12.1 Å². The Kier molecular flexibility index (Phi) is 9.28. The minimum absolute atomic E-state index is 0.0164. The molecule has 0 saturated carbocycles. The summed E-state index contributed by atoms with van der Waals surface area (Å²) in [5.74, 6) is -2.29. The van der Waals surface area contributed by atoms with Crippen molar-refractivity contribution in [3.63, 3.8) is 0 Å². The van der Waals surface area contributed by atoms with E-state index in [9.17, 15) is 19.2 Å². The van der Waals surface area contributed by atoms with E-state index in [4.69, 9.17) is 10.3 Å². The van der Waals surface area contributed by atoms with Gasteiger partial charge in [-0.15, -0.1) is 0 Å². The summed E-state index contributed by atoms with van der Waals surface area (Å²) in [4.78, 5) is 51.8. The maximum absolute atomic E-state index is 13.1. The number of Topliss-reactive ketones (excluding diaryl/α,β-unsaturated/α-hetero) is 2. The van der Waals surface area contributed by atoms with E-state index < -0.39 is 35.7 Å². The summed E-state index contributed by atoms with van der Waals surface area (Å²) >= 11 is 0. The molecule has 0 aromatic carbocycles. The van der Waals surface area contributed by atoms with E-state index in [1.165, 1.54) is 6.92 Å². The van der Waals surface area contributed by atoms with Crippen LogP contribution in [0, 0.1) is 11.8 Å². The number of esters is 1. The Morgan fingerprint density at radius 3 is 2.62 bits per heavy atom. The number of ketones is 2. The van der Waals surface area contributed by atoms with Gasteiger partial charge in [0, 0.05) is 24.7 Å². The van der Waals surface area contributed by atoms with Crippen molar-refractivity contribution in [1.29, 1.82) is 0 Å². The molecule has 1 aliphatic carbocycles. The molecule has 2 rings (SSSR count). The third-order valence-corrected chi connectivity index (χ3v) is 5.24. The number of nitrogens with zero attached hydrogens (tertiary/aromatic N) is 2. The van der Waals surface area contributed by atoms with Gasteiger partial charge < -0.3 is 25.7 Å². The van der Waals surface area contributed by atoms with Crippen molar-refractivity contribution in [2.24, 2.45) is 11.8 Å². The van der Waals surface area contributed by atoms with Gasteiger partial charge in [0.25, 0.3) is 0 Å². The van der Waals surface area contributed by atoms with Gasteiger partial charge in [0.1, 0.15) is 11.8 Å². The van der Waals surface area contributed by atoms with Gasteiger partial charge in [0.2, 0.25) is 11.7 Å². The molecule has 4 atom stereocenters. The average Bonchev–Trinajstić information content (AvgIpc) is 3.12. The first-order chi connectivity index (χ1) is 15.2. The number of hydrogen-bond acceptors (Lipinski definition) is 6. The molecule has 0 fully saturated rings. The van der Waals surface area contributed by atoms with E-state index in [2.05, 4.69) is 21.5 Å². The zero-order valence-corrected chi connectivity index (χ0v) is 18.6. The fourth-order valence-electron chi connectivity index (χ4n) is 3.77. The van der Waals surface area contributed by atoms with E-state index >= 15 is 0 Å². The number of rotatable bonds is 12. The number of hydrogen-bond donors (Lipinski definition) is 2. The molecule has 0 saturated heterocycles. The lowest BCUT2D eigenvalue weighted by molar-refractivity contribution is -0.152. The summed E-state index contributed by atoms with van der Waals surface area (Å²) in [7, 11) is 0. The van der Waals surface area contributed by atoms with Crippen LogP contribution in [0.25, 0.3) is 5.53 Å². The molecular formula is C23H30N4O5. The molecular weight excluding hydrogens is 412 g/mol. The highest BCUT2D eigenvalue weighted by atomic mass is 16.5. The fraction of sp³-hybridized carbons (Fsp3) is 0.522. The van der Waals surface area contributed by atoms with E-state index in [-0.39, 0.29) is 37.0 Å². The number of fused-ring (bicyclic) bond motifs is 1. The molecule has 9 nitrogen and oxygen atoms in total. The predicted octanol–water partition coefficient (Wildman–Crippen LogP) is 1.66. The number of ether oxygens (including phenoxy) is 1. The first kappa shape index (κ1) is 24.9. The molecule has 9 heteroatoms. The smallest absolute Gasteiger partial charge is 0.328 e. The monoisotopic (exact) mass is 442 g/mol. The third kappa shape index (κ3) is 7.42. The quantitative estimate of drug-likeness (QED) is 0.204. The predicted molar refractivity (Wildman–Crippen MR) is 117 cm³/mol. The van der Waals surface area contributed by atoms with E-state index in [1.54, 1.807) is 13.8 Å². The second-order valence-corrected chi connectivity index (χ2v) is 8.31. The van der Waals surface area contributed by atoms with E-state index in [0.717, 1.165) is 11.8 Å². The van der Waals surface area contributed by atoms with Crippen molar-refractivity contribution < 1.29 is 28.7 Å². The van der Waals surface area contributed by atoms with Gasteiger partial charge in [-0.05, 0) is 45.4 Å². The van der Waals surface area contributed by atoms with Crippen molar-refractivity contribution in [1.82, 2.24) is 10.6 Å². The van der Waals surface area contributed by atoms with Crippen LogP contribution in [0.3, 0.4) is 0 Å². The first-order valence-corrected chi connectivity index (χ1v) is 10.7. The van der Waals surface area contributed by atoms with Crippen LogP contribution in [0.1, 0.15) is 46.5 Å². The van der Waals surface area contributed by atoms with Crippen LogP contribution in [0.15, 0.2) is 36.1 Å². The lowest BCUT2D eigenvalue weighted by Crippen LogP contribution is -2.45. The van der Waals surface area contributed by atoms with Crippen molar-refractivity contribution in [3.8, 4) is 0 Å². The molecule has 2 aliphatic rings. The fourth-order valence-corrected chi connectivity index (χ4v) is 3.77. The Hall–Kier alpha value is -3.32. The van der Waals surface area contributed by atoms with Gasteiger partial charge in [-0.25, -0.2) is 4.79 Å². The van der Waals surface area contributed by atoms with Crippen molar-refractivity contribution in [3.05, 3.63) is 41.6 Å². The summed E-state index contributed by atoms with van der Waals surface area (Å²) in [6.07, 6.45) is 10.5. The molecule has 2 unspecified atom stereocenters. The van der Waals surface area contributed by atoms with Crippen LogP contribution in [-0.2, 0) is 23.9 Å². The minimum atomic E-state index is -1.06. The Labute approximate surface area is 187 Å². The highest BCUT2D eigenvalue weighted by Gasteiger charge is 2.33. The van der Waals surface area contributed by atoms with Crippen LogP contribution in [0.2, 0.25) is 0 Å². The van der Waals surface area contributed by atoms with Crippen molar-refractivity contribution in [2.75, 3.05) is 0 Å². The molecule has 0 spiro atoms. The lowest BCUT2D eigenvalue weighted by atomic mass is 9.84. The van der Waals surface area contributed by atoms with Gasteiger partial charge in [-0.1, -0.05) is 24.3 Å². The number of amides is 1. The molecule has 32 heavy (non-hydrogen) atoms. The summed E-state index contributed by atoms with van der Waals surface area (Å²) in [5.41, 5.74) is 9.49. The van der Waals surface area contributed by atoms with Gasteiger partial charge in [-0.2, -0.15) is 4.79 Å². The molecule has 0 aromatic heterocycles. The highest BCUT2D eigenvalue weighted by Crippen LogP contribution is 2.32. The zero-order chi connectivity index (χ0) is 23.7.